The van der Waals surface area contributed by atoms with Gasteiger partial charge in [0.15, 0.2) is 0 Å². The monoisotopic (exact) mass is 541 g/mol. The van der Waals surface area contributed by atoms with Crippen molar-refractivity contribution in [3.63, 3.8) is 0 Å². The maximum absolute atomic E-state index is 8.72. The molecule has 0 saturated carbocycles. The minimum atomic E-state index is 0.194. The summed E-state index contributed by atoms with van der Waals surface area (Å²) in [6, 6.07) is 15.0. The number of thioether (sulfide) groups is 1. The first kappa shape index (κ1) is 26.2. The van der Waals surface area contributed by atoms with Gasteiger partial charge >= 0.3 is 33.3 Å². The Labute approximate surface area is 211 Å². The molecule has 0 N–H and O–H groups in total. The number of aliphatic imine (C=N–C) groups is 4. The van der Waals surface area contributed by atoms with Crippen molar-refractivity contribution < 1.29 is 13.1 Å². The summed E-state index contributed by atoms with van der Waals surface area (Å²) < 4.78 is 0. The molecule has 0 saturated heterocycles. The number of benzene rings is 2. The summed E-state index contributed by atoms with van der Waals surface area (Å²) in [4.78, 5) is 18.8. The van der Waals surface area contributed by atoms with Crippen LogP contribution < -0.4 is 0 Å². The SMILES string of the molecule is CC(=Nc1ccc(N=C=S)cc1)C1=CCC(C(C)=Nc2ccc(SC#N)cc2)=N1.[Cl][Fe][Cl]. The number of halogens is 2. The molecule has 0 spiro atoms. The number of thiocarbonyl (C=S) groups is 1. The number of isothiocyanates is 1. The van der Waals surface area contributed by atoms with Gasteiger partial charge in [0.25, 0.3) is 0 Å². The van der Waals surface area contributed by atoms with E-state index >= 15 is 0 Å². The number of hydrogen-bond donors (Lipinski definition) is 0. The summed E-state index contributed by atoms with van der Waals surface area (Å²) in [5.41, 5.74) is 5.92. The van der Waals surface area contributed by atoms with Crippen molar-refractivity contribution in [3.05, 3.63) is 60.3 Å². The van der Waals surface area contributed by atoms with E-state index in [1.807, 2.05) is 62.4 Å². The zero-order chi connectivity index (χ0) is 23.3. The summed E-state index contributed by atoms with van der Waals surface area (Å²) in [7, 11) is 9.53. The van der Waals surface area contributed by atoms with Crippen LogP contribution in [-0.4, -0.2) is 22.3 Å². The molecule has 3 rings (SSSR count). The van der Waals surface area contributed by atoms with Gasteiger partial charge in [-0.3, -0.25) is 9.98 Å². The van der Waals surface area contributed by atoms with Gasteiger partial charge in [-0.2, -0.15) is 10.3 Å². The first-order chi connectivity index (χ1) is 15.5. The Kier molecular flexibility index (Phi) is 11.6. The standard InChI is InChI=1S/C22H17N5S2.2ClH.Fe/c1-15(25-18-5-3-17(4-6-18)24-14-28)21-11-12-22(27-21)16(2)26-19-7-9-20(10-8-19)29-13-23;;;/h3-11H,12H2,1-2H3;2*1H;/q;;;+2/p-2. The molecule has 164 valence electrons. The molecule has 0 atom stereocenters. The van der Waals surface area contributed by atoms with Crippen LogP contribution in [0.1, 0.15) is 20.3 Å². The molecule has 10 heteroatoms. The average Bonchev–Trinajstić information content (AvgIpc) is 3.28. The predicted molar refractivity (Wildman–Crippen MR) is 136 cm³/mol. The Morgan fingerprint density at radius 2 is 1.53 bits per heavy atom. The Morgan fingerprint density at radius 1 is 1.00 bits per heavy atom. The molecular weight excluding hydrogens is 525 g/mol. The van der Waals surface area contributed by atoms with Crippen molar-refractivity contribution in [2.75, 3.05) is 0 Å². The predicted octanol–water partition coefficient (Wildman–Crippen LogP) is 7.98. The fourth-order valence-electron chi connectivity index (χ4n) is 2.69. The number of thiocyanates is 1. The molecule has 0 radical (unpaired) electrons. The number of nitrogens with zero attached hydrogens (tertiary/aromatic N) is 5. The molecule has 2 aromatic carbocycles. The van der Waals surface area contributed by atoms with Crippen LogP contribution >= 0.6 is 44.2 Å². The molecule has 0 aliphatic carbocycles. The fraction of sp³-hybridized carbons (Fsp3) is 0.136. The van der Waals surface area contributed by atoms with E-state index in [2.05, 4.69) is 43.8 Å². The van der Waals surface area contributed by atoms with Gasteiger partial charge in [-0.25, -0.2) is 4.99 Å². The molecule has 0 bridgehead atoms. The van der Waals surface area contributed by atoms with Crippen molar-refractivity contribution in [2.45, 2.75) is 25.2 Å². The van der Waals surface area contributed by atoms with E-state index in [1.165, 1.54) is 0 Å². The molecule has 0 aromatic heterocycles. The molecule has 0 amide bonds. The summed E-state index contributed by atoms with van der Waals surface area (Å²) in [6.45, 7) is 3.90. The molecule has 0 fully saturated rings. The van der Waals surface area contributed by atoms with Crippen molar-refractivity contribution in [1.29, 1.82) is 5.26 Å². The van der Waals surface area contributed by atoms with Gasteiger partial charge in [0.05, 0.1) is 45.1 Å². The number of hydrogen-bond acceptors (Lipinski definition) is 7. The second-order valence-electron chi connectivity index (χ2n) is 6.20. The quantitative estimate of drug-likeness (QED) is 0.122. The van der Waals surface area contributed by atoms with E-state index in [9.17, 15) is 0 Å². The van der Waals surface area contributed by atoms with Crippen LogP contribution in [-0.2, 0) is 13.1 Å². The summed E-state index contributed by atoms with van der Waals surface area (Å²) in [5, 5.41) is 13.1. The van der Waals surface area contributed by atoms with E-state index in [4.69, 9.17) is 30.5 Å². The normalized spacial score (nSPS) is 13.3. The van der Waals surface area contributed by atoms with Crippen LogP contribution in [0.5, 0.6) is 0 Å². The van der Waals surface area contributed by atoms with Crippen molar-refractivity contribution >= 4 is 83.5 Å². The van der Waals surface area contributed by atoms with Crippen LogP contribution in [0.4, 0.5) is 17.1 Å². The average molecular weight is 542 g/mol. The second-order valence-corrected chi connectivity index (χ2v) is 9.07. The van der Waals surface area contributed by atoms with Gasteiger partial charge in [0.1, 0.15) is 5.40 Å². The molecule has 1 heterocycles. The molecule has 5 nitrogen and oxygen atoms in total. The summed E-state index contributed by atoms with van der Waals surface area (Å²) in [5.74, 6) is 0. The molecule has 1 aliphatic heterocycles. The Hall–Kier alpha value is -2.07. The molecule has 2 aromatic rings. The molecule has 0 unspecified atom stereocenters. The Bertz CT molecular complexity index is 1140. The minimum absolute atomic E-state index is 0.194. The van der Waals surface area contributed by atoms with E-state index < -0.39 is 0 Å². The van der Waals surface area contributed by atoms with E-state index in [0.717, 1.165) is 63.0 Å². The first-order valence-electron chi connectivity index (χ1n) is 9.09. The topological polar surface area (TPSA) is 73.2 Å². The van der Waals surface area contributed by atoms with Crippen molar-refractivity contribution in [2.24, 2.45) is 20.0 Å². The number of rotatable bonds is 6. The molecule has 1 aliphatic rings. The van der Waals surface area contributed by atoms with Gasteiger partial charge in [-0.15, -0.1) is 0 Å². The van der Waals surface area contributed by atoms with E-state index in [-0.39, 0.29) is 13.1 Å². The zero-order valence-electron chi connectivity index (χ0n) is 17.1. The maximum atomic E-state index is 8.72. The van der Waals surface area contributed by atoms with Crippen LogP contribution in [0, 0.1) is 10.7 Å². The van der Waals surface area contributed by atoms with Crippen LogP contribution in [0.15, 0.2) is 85.2 Å². The van der Waals surface area contributed by atoms with Gasteiger partial charge in [0, 0.05) is 11.3 Å². The Morgan fingerprint density at radius 3 is 2.09 bits per heavy atom. The van der Waals surface area contributed by atoms with Crippen LogP contribution in [0.3, 0.4) is 0 Å². The van der Waals surface area contributed by atoms with E-state index in [0.29, 0.717) is 0 Å². The molecule has 32 heavy (non-hydrogen) atoms. The Balaban J connectivity index is 0.00000114. The van der Waals surface area contributed by atoms with Crippen LogP contribution in [0.2, 0.25) is 0 Å². The fourth-order valence-corrected chi connectivity index (χ4v) is 3.18. The van der Waals surface area contributed by atoms with Gasteiger partial charge in [-0.05, 0) is 86.4 Å². The number of nitriles is 1. The summed E-state index contributed by atoms with van der Waals surface area (Å²) >= 11 is 5.94. The van der Waals surface area contributed by atoms with Crippen molar-refractivity contribution in [1.82, 2.24) is 0 Å². The van der Waals surface area contributed by atoms with Gasteiger partial charge in [-0.1, -0.05) is 6.08 Å². The number of allylic oxidation sites excluding steroid dienone is 2. The first-order valence-corrected chi connectivity index (χ1v) is 13.3. The third kappa shape index (κ3) is 8.46. The zero-order valence-corrected chi connectivity index (χ0v) is 21.3. The third-order valence-electron chi connectivity index (χ3n) is 4.15. The van der Waals surface area contributed by atoms with Gasteiger partial charge in [0.2, 0.25) is 0 Å². The van der Waals surface area contributed by atoms with Crippen molar-refractivity contribution in [3.8, 4) is 5.40 Å². The van der Waals surface area contributed by atoms with E-state index in [1.54, 1.807) is 0 Å². The van der Waals surface area contributed by atoms with Crippen LogP contribution in [0.25, 0.3) is 0 Å². The summed E-state index contributed by atoms with van der Waals surface area (Å²) in [6.07, 6.45) is 2.78. The second kappa shape index (κ2) is 14.2. The van der Waals surface area contributed by atoms with Gasteiger partial charge < -0.3 is 0 Å². The third-order valence-corrected chi connectivity index (χ3v) is 4.84. The molecular formula is C22H17Cl2FeN5S2.